The van der Waals surface area contributed by atoms with Gasteiger partial charge in [-0.15, -0.1) is 11.8 Å². The molecule has 2 saturated carbocycles. The molecule has 2 N–H and O–H groups in total. The summed E-state index contributed by atoms with van der Waals surface area (Å²) in [7, 11) is 0. The first-order valence-electron chi connectivity index (χ1n) is 14.8. The molecule has 230 valence electrons. The Balaban J connectivity index is 1.20. The van der Waals surface area contributed by atoms with Crippen molar-refractivity contribution in [1.82, 2.24) is 9.88 Å². The fraction of sp³-hybridized carbons (Fsp3) is 0.438. The minimum absolute atomic E-state index is 0.00871. The Bertz CT molecular complexity index is 1690. The van der Waals surface area contributed by atoms with Crippen molar-refractivity contribution in [3.63, 3.8) is 0 Å². The Morgan fingerprint density at radius 3 is 2.55 bits per heavy atom. The molecule has 2 aliphatic heterocycles. The number of benzene rings is 2. The highest BCUT2D eigenvalue weighted by molar-refractivity contribution is 9.10. The van der Waals surface area contributed by atoms with Gasteiger partial charge in [-0.25, -0.2) is 0 Å². The van der Waals surface area contributed by atoms with Gasteiger partial charge in [-0.1, -0.05) is 57.4 Å². The van der Waals surface area contributed by atoms with Crippen molar-refractivity contribution in [2.24, 2.45) is 29.6 Å². The van der Waals surface area contributed by atoms with Gasteiger partial charge in [0, 0.05) is 44.1 Å². The maximum Gasteiger partial charge on any atom is 0.305 e. The van der Waals surface area contributed by atoms with E-state index >= 15 is 0 Å². The summed E-state index contributed by atoms with van der Waals surface area (Å²) in [6, 6.07) is 13.5. The molecule has 3 fully saturated rings. The van der Waals surface area contributed by atoms with Crippen LogP contribution < -0.4 is 9.61 Å². The van der Waals surface area contributed by atoms with Crippen LogP contribution in [0, 0.1) is 29.6 Å². The van der Waals surface area contributed by atoms with Crippen LogP contribution in [0.2, 0.25) is 5.02 Å². The quantitative estimate of drug-likeness (QED) is 0.181. The van der Waals surface area contributed by atoms with Gasteiger partial charge in [0.15, 0.2) is 0 Å². The number of aromatic nitrogens is 1. The van der Waals surface area contributed by atoms with Gasteiger partial charge < -0.3 is 14.8 Å². The number of ether oxygens (including phenoxy) is 1. The number of nitrogens with one attached hydrogen (secondary N) is 1. The minimum atomic E-state index is -0.835. The summed E-state index contributed by atoms with van der Waals surface area (Å²) in [6.07, 6.45) is 2.69. The molecule has 2 amide bonds. The van der Waals surface area contributed by atoms with E-state index in [4.69, 9.17) is 21.4 Å². The SMILES string of the molecule is O=C(O)CCCCCN1C(=O)C2C3CC(C2C1=O)C1C3Sc2[nH]c(=O)sc2[C@@H]1c1cc(Br)ccc1OCc1ccc(Cl)cc1. The zero-order chi connectivity index (χ0) is 30.7. The van der Waals surface area contributed by atoms with Crippen LogP contribution in [0.25, 0.3) is 0 Å². The van der Waals surface area contributed by atoms with Crippen LogP contribution in [0.5, 0.6) is 5.75 Å². The summed E-state index contributed by atoms with van der Waals surface area (Å²) < 4.78 is 7.32. The lowest BCUT2D eigenvalue weighted by Crippen LogP contribution is -2.42. The van der Waals surface area contributed by atoms with Crippen LogP contribution in [0.4, 0.5) is 0 Å². The number of hydrogen-bond acceptors (Lipinski definition) is 7. The number of H-pyrrole nitrogens is 1. The van der Waals surface area contributed by atoms with Crippen molar-refractivity contribution in [3.05, 3.63) is 77.6 Å². The highest BCUT2D eigenvalue weighted by Crippen LogP contribution is 2.69. The van der Waals surface area contributed by atoms with Crippen LogP contribution in [0.1, 0.15) is 54.0 Å². The van der Waals surface area contributed by atoms with Crippen molar-refractivity contribution in [2.45, 2.75) is 54.9 Å². The van der Waals surface area contributed by atoms with E-state index < -0.39 is 5.97 Å². The normalized spacial score (nSPS) is 28.2. The molecule has 2 aliphatic carbocycles. The van der Waals surface area contributed by atoms with Gasteiger partial charge >= 0.3 is 10.8 Å². The second-order valence-corrected chi connectivity index (χ2v) is 15.6. The third-order valence-corrected chi connectivity index (χ3v) is 13.0. The third kappa shape index (κ3) is 5.23. The van der Waals surface area contributed by atoms with Gasteiger partial charge in [-0.05, 0) is 72.9 Å². The van der Waals surface area contributed by atoms with Crippen molar-refractivity contribution < 1.29 is 24.2 Å². The minimum Gasteiger partial charge on any atom is -0.489 e. The predicted octanol–water partition coefficient (Wildman–Crippen LogP) is 6.55. The number of rotatable bonds is 10. The molecule has 3 heterocycles. The maximum absolute atomic E-state index is 13.8. The first kappa shape index (κ1) is 30.1. The molecular weight excluding hydrogens is 688 g/mol. The monoisotopic (exact) mass is 716 g/mol. The van der Waals surface area contributed by atoms with E-state index in [0.29, 0.717) is 37.4 Å². The number of thioether (sulfide) groups is 1. The molecule has 44 heavy (non-hydrogen) atoms. The van der Waals surface area contributed by atoms with E-state index in [1.165, 1.54) is 16.2 Å². The van der Waals surface area contributed by atoms with E-state index in [0.717, 1.165) is 37.7 Å². The predicted molar refractivity (Wildman–Crippen MR) is 171 cm³/mol. The second kappa shape index (κ2) is 12.0. The van der Waals surface area contributed by atoms with Gasteiger partial charge in [0.2, 0.25) is 11.8 Å². The number of thiazole rings is 1. The Labute approximate surface area is 275 Å². The van der Waals surface area contributed by atoms with Gasteiger partial charge in [0.1, 0.15) is 12.4 Å². The highest BCUT2D eigenvalue weighted by Gasteiger charge is 2.69. The number of fused-ring (bicyclic) bond motifs is 9. The zero-order valence-electron chi connectivity index (χ0n) is 23.5. The van der Waals surface area contributed by atoms with E-state index in [1.54, 1.807) is 11.8 Å². The van der Waals surface area contributed by atoms with Gasteiger partial charge in [-0.2, -0.15) is 0 Å². The maximum atomic E-state index is 13.8. The summed E-state index contributed by atoms with van der Waals surface area (Å²) in [5, 5.41) is 10.5. The summed E-state index contributed by atoms with van der Waals surface area (Å²) in [4.78, 5) is 56.5. The number of nitrogens with zero attached hydrogens (tertiary/aromatic N) is 1. The highest BCUT2D eigenvalue weighted by atomic mass is 79.9. The first-order chi connectivity index (χ1) is 21.2. The number of carbonyl (C=O) groups excluding carboxylic acids is 2. The number of carboxylic acids is 1. The standard InChI is InChI=1S/C32H30BrClN2O6S2/c33-16-7-10-21(42-14-15-5-8-17(34)9-6-15)18(12-16)23-24-19-13-20(27(24)43-29-28(23)44-32(41)35-29)26-25(19)30(39)36(31(26)40)11-3-1-2-4-22(37)38/h5-10,12,19-20,23-27H,1-4,11,13-14H2,(H,35,41)(H,37,38)/t19?,20?,23-,24?,25?,26?,27?/m1/s1. The average Bonchev–Trinajstić information content (AvgIpc) is 3.72. The Morgan fingerprint density at radius 2 is 1.80 bits per heavy atom. The molecule has 2 bridgehead atoms. The van der Waals surface area contributed by atoms with Crippen molar-refractivity contribution in [3.8, 4) is 5.75 Å². The number of aliphatic carboxylic acids is 1. The Morgan fingerprint density at radius 1 is 1.05 bits per heavy atom. The number of carbonyl (C=O) groups is 3. The van der Waals surface area contributed by atoms with E-state index in [-0.39, 0.29) is 63.9 Å². The molecule has 2 aromatic carbocycles. The van der Waals surface area contributed by atoms with Crippen LogP contribution in [-0.4, -0.2) is 44.6 Å². The van der Waals surface area contributed by atoms with Gasteiger partial charge in [-0.3, -0.25) is 24.1 Å². The van der Waals surface area contributed by atoms with Crippen LogP contribution in [-0.2, 0) is 21.0 Å². The second-order valence-electron chi connectivity index (χ2n) is 12.1. The average molecular weight is 718 g/mol. The summed E-state index contributed by atoms with van der Waals surface area (Å²) in [5.41, 5.74) is 1.95. The topological polar surface area (TPSA) is 117 Å². The molecular formula is C32H30BrClN2O6S2. The molecule has 6 unspecified atom stereocenters. The molecule has 12 heteroatoms. The molecule has 1 saturated heterocycles. The van der Waals surface area contributed by atoms with Gasteiger partial charge in [0.25, 0.3) is 0 Å². The largest absolute Gasteiger partial charge is 0.489 e. The fourth-order valence-electron chi connectivity index (χ4n) is 8.01. The molecule has 8 nitrogen and oxygen atoms in total. The molecule has 7 atom stereocenters. The first-order valence-corrected chi connectivity index (χ1v) is 17.7. The smallest absolute Gasteiger partial charge is 0.305 e. The lowest BCUT2D eigenvalue weighted by Gasteiger charge is -2.43. The molecule has 7 rings (SSSR count). The number of imide groups is 1. The van der Waals surface area contributed by atoms with E-state index in [1.807, 2.05) is 36.4 Å². The fourth-order valence-corrected chi connectivity index (χ4v) is 11.4. The number of amides is 2. The van der Waals surface area contributed by atoms with Crippen LogP contribution in [0.15, 0.2) is 56.8 Å². The Kier molecular flexibility index (Phi) is 8.18. The summed E-state index contributed by atoms with van der Waals surface area (Å²) in [5.74, 6) is -1.04. The number of aromatic amines is 1. The van der Waals surface area contributed by atoms with Gasteiger partial charge in [0.05, 0.1) is 16.9 Å². The Hall–Kier alpha value is -2.60. The summed E-state index contributed by atoms with van der Waals surface area (Å²) in [6.45, 7) is 0.688. The zero-order valence-corrected chi connectivity index (χ0v) is 27.5. The molecule has 0 spiro atoms. The number of likely N-dealkylation sites (tertiary alicyclic amines) is 1. The van der Waals surface area contributed by atoms with Crippen molar-refractivity contribution >= 4 is 68.4 Å². The van der Waals surface area contributed by atoms with Crippen LogP contribution >= 0.6 is 50.6 Å². The molecule has 1 aromatic heterocycles. The van der Waals surface area contributed by atoms with Crippen LogP contribution in [0.3, 0.4) is 0 Å². The lowest BCUT2D eigenvalue weighted by atomic mass is 9.68. The summed E-state index contributed by atoms with van der Waals surface area (Å²) >= 11 is 12.6. The van der Waals surface area contributed by atoms with E-state index in [2.05, 4.69) is 27.0 Å². The van der Waals surface area contributed by atoms with E-state index in [9.17, 15) is 19.2 Å². The number of halogens is 2. The lowest BCUT2D eigenvalue weighted by molar-refractivity contribution is -0.141. The number of carboxylic acid groups (broad SMARTS) is 1. The van der Waals surface area contributed by atoms with Crippen molar-refractivity contribution in [1.29, 1.82) is 0 Å². The number of hydrogen-bond donors (Lipinski definition) is 2. The molecule has 4 aliphatic rings. The van der Waals surface area contributed by atoms with Crippen molar-refractivity contribution in [2.75, 3.05) is 6.54 Å². The molecule has 3 aromatic rings. The molecule has 0 radical (unpaired) electrons. The number of unbranched alkanes of at least 4 members (excludes halogenated alkanes) is 2. The third-order valence-electron chi connectivity index (χ3n) is 9.70.